The zero-order chi connectivity index (χ0) is 33.5. The van der Waals surface area contributed by atoms with Crippen molar-refractivity contribution in [3.05, 3.63) is 40.0 Å². The van der Waals surface area contributed by atoms with E-state index in [9.17, 15) is 44.4 Å². The Bertz CT molecular complexity index is 1800. The van der Waals surface area contributed by atoms with Gasteiger partial charge in [0.2, 0.25) is 5.60 Å². The Balaban J connectivity index is 1.68. The third-order valence-corrected chi connectivity index (χ3v) is 9.08. The SMILES string of the molecule is COC(=O)[C@]12Oc3c(c(O)cc(C)c3-c3c(C)cc(O)c4c3O[C@@](C(=O)OC)([C@@H]3CCC(=O)O3)CC4=O)C(O)=C1C(=O)CC[C@@H]2O. The van der Waals surface area contributed by atoms with Crippen LogP contribution in [0.3, 0.4) is 0 Å². The Morgan fingerprint density at radius 1 is 0.804 bits per heavy atom. The molecule has 1 saturated carbocycles. The van der Waals surface area contributed by atoms with E-state index in [1.54, 1.807) is 0 Å². The molecule has 6 rings (SSSR count). The minimum absolute atomic E-state index is 0.0116. The molecule has 3 heterocycles. The summed E-state index contributed by atoms with van der Waals surface area (Å²) in [6, 6.07) is 2.49. The van der Waals surface area contributed by atoms with Crippen LogP contribution in [0.25, 0.3) is 16.9 Å². The van der Waals surface area contributed by atoms with E-state index in [0.717, 1.165) is 14.2 Å². The molecule has 14 heteroatoms. The molecule has 242 valence electrons. The standard InChI is InChI=1S/C32H30O14/c1-12-9-15(34)23-17(36)11-31(29(40)42-3,19-7-8-20(38)44-19)45-27(23)21(12)22-13(2)10-16(35)24-26(39)25-14(33)5-6-18(37)32(25,30(41)43-4)46-28(22)24/h9-10,18-19,34-35,37,39H,5-8,11H2,1-4H3/t18-,19-,31+,32+/m0/s1. The molecule has 4 aliphatic rings. The van der Waals surface area contributed by atoms with Crippen LogP contribution in [-0.4, -0.2) is 87.5 Å². The maximum atomic E-state index is 13.8. The van der Waals surface area contributed by atoms with Crippen molar-refractivity contribution < 1.29 is 68.1 Å². The Kier molecular flexibility index (Phi) is 7.04. The molecule has 1 saturated heterocycles. The van der Waals surface area contributed by atoms with Crippen LogP contribution >= 0.6 is 0 Å². The second kappa shape index (κ2) is 10.5. The number of rotatable bonds is 4. The minimum atomic E-state index is -2.54. The molecular formula is C32H30O14. The van der Waals surface area contributed by atoms with Crippen molar-refractivity contribution in [2.75, 3.05) is 14.2 Å². The number of hydrogen-bond donors (Lipinski definition) is 4. The second-order valence-electron chi connectivity index (χ2n) is 11.7. The first-order valence-electron chi connectivity index (χ1n) is 14.4. The van der Waals surface area contributed by atoms with Gasteiger partial charge in [0, 0.05) is 24.0 Å². The monoisotopic (exact) mass is 638 g/mol. The molecule has 0 unspecified atom stereocenters. The van der Waals surface area contributed by atoms with E-state index in [1.807, 2.05) is 0 Å². The van der Waals surface area contributed by atoms with Crippen molar-refractivity contribution >= 4 is 35.2 Å². The third kappa shape index (κ3) is 4.02. The molecule has 0 radical (unpaired) electrons. The van der Waals surface area contributed by atoms with Gasteiger partial charge in [0.05, 0.1) is 26.2 Å². The smallest absolute Gasteiger partial charge is 0.358 e. The predicted molar refractivity (Wildman–Crippen MR) is 153 cm³/mol. The number of esters is 3. The number of Topliss-reactive ketones (excluding diaryl/α,β-unsaturated/α-hetero) is 2. The summed E-state index contributed by atoms with van der Waals surface area (Å²) in [5.41, 5.74) is -5.49. The van der Waals surface area contributed by atoms with E-state index >= 15 is 0 Å². The van der Waals surface area contributed by atoms with Gasteiger partial charge in [-0.05, 0) is 49.9 Å². The van der Waals surface area contributed by atoms with Gasteiger partial charge in [-0.2, -0.15) is 0 Å². The van der Waals surface area contributed by atoms with E-state index in [-0.39, 0.29) is 65.0 Å². The molecule has 4 atom stereocenters. The number of aromatic hydroxyl groups is 2. The number of aliphatic hydroxyl groups is 2. The zero-order valence-corrected chi connectivity index (χ0v) is 25.2. The maximum Gasteiger partial charge on any atom is 0.358 e. The number of phenolic OH excluding ortho intramolecular Hbond substituents is 2. The fourth-order valence-electron chi connectivity index (χ4n) is 6.97. The number of methoxy groups -OCH3 is 2. The lowest BCUT2D eigenvalue weighted by Gasteiger charge is -2.44. The number of benzene rings is 2. The summed E-state index contributed by atoms with van der Waals surface area (Å²) >= 11 is 0. The van der Waals surface area contributed by atoms with E-state index < -0.39 is 87.7 Å². The van der Waals surface area contributed by atoms with Crippen LogP contribution in [-0.2, 0) is 33.4 Å². The molecule has 1 aliphatic carbocycles. The Hall–Kier alpha value is -5.11. The molecule has 2 fully saturated rings. The van der Waals surface area contributed by atoms with Gasteiger partial charge in [-0.25, -0.2) is 9.59 Å². The number of ether oxygens (including phenoxy) is 5. The van der Waals surface area contributed by atoms with E-state index in [2.05, 4.69) is 0 Å². The zero-order valence-electron chi connectivity index (χ0n) is 25.2. The molecule has 0 aromatic heterocycles. The molecule has 2 aromatic carbocycles. The first kappa shape index (κ1) is 30.9. The maximum absolute atomic E-state index is 13.8. The van der Waals surface area contributed by atoms with Gasteiger partial charge < -0.3 is 44.1 Å². The normalized spacial score (nSPS) is 26.7. The topological polar surface area (TPSA) is 212 Å². The lowest BCUT2D eigenvalue weighted by molar-refractivity contribution is -0.175. The van der Waals surface area contributed by atoms with Crippen LogP contribution in [0.2, 0.25) is 0 Å². The summed E-state index contributed by atoms with van der Waals surface area (Å²) in [5, 5.41) is 44.7. The van der Waals surface area contributed by atoms with Gasteiger partial charge in [0.1, 0.15) is 46.0 Å². The van der Waals surface area contributed by atoms with Crippen molar-refractivity contribution in [2.45, 2.75) is 69.4 Å². The van der Waals surface area contributed by atoms with Gasteiger partial charge >= 0.3 is 17.9 Å². The highest BCUT2D eigenvalue weighted by Crippen LogP contribution is 2.57. The average molecular weight is 639 g/mol. The van der Waals surface area contributed by atoms with Crippen molar-refractivity contribution in [3.63, 3.8) is 0 Å². The number of aryl methyl sites for hydroxylation is 2. The number of phenols is 2. The summed E-state index contributed by atoms with van der Waals surface area (Å²) in [7, 11) is 2.08. The predicted octanol–water partition coefficient (Wildman–Crippen LogP) is 2.26. The van der Waals surface area contributed by atoms with Gasteiger partial charge in [-0.3, -0.25) is 14.4 Å². The number of carbonyl (C=O) groups is 5. The molecule has 3 aliphatic heterocycles. The first-order valence-corrected chi connectivity index (χ1v) is 14.4. The molecule has 14 nitrogen and oxygen atoms in total. The van der Waals surface area contributed by atoms with Crippen LogP contribution in [0, 0.1) is 13.8 Å². The molecule has 4 N–H and O–H groups in total. The van der Waals surface area contributed by atoms with Crippen LogP contribution < -0.4 is 9.47 Å². The van der Waals surface area contributed by atoms with Gasteiger partial charge in [0.25, 0.3) is 5.60 Å². The van der Waals surface area contributed by atoms with Crippen molar-refractivity contribution in [2.24, 2.45) is 0 Å². The van der Waals surface area contributed by atoms with Crippen LogP contribution in [0.1, 0.15) is 59.2 Å². The molecular weight excluding hydrogens is 608 g/mol. The number of ketones is 2. The summed E-state index contributed by atoms with van der Waals surface area (Å²) in [6.45, 7) is 3.06. The van der Waals surface area contributed by atoms with Crippen molar-refractivity contribution in [3.8, 4) is 34.1 Å². The average Bonchev–Trinajstić information content (AvgIpc) is 3.45. The van der Waals surface area contributed by atoms with E-state index in [0.29, 0.717) is 0 Å². The van der Waals surface area contributed by atoms with Crippen LogP contribution in [0.15, 0.2) is 17.7 Å². The summed E-state index contributed by atoms with van der Waals surface area (Å²) in [5.74, 6) is -6.88. The summed E-state index contributed by atoms with van der Waals surface area (Å²) < 4.78 is 27.9. The quantitative estimate of drug-likeness (QED) is 0.279. The van der Waals surface area contributed by atoms with Crippen molar-refractivity contribution in [1.29, 1.82) is 0 Å². The van der Waals surface area contributed by atoms with E-state index in [1.165, 1.54) is 26.0 Å². The minimum Gasteiger partial charge on any atom is -0.507 e. The first-order chi connectivity index (χ1) is 21.7. The van der Waals surface area contributed by atoms with Gasteiger partial charge in [-0.15, -0.1) is 0 Å². The number of hydrogen-bond acceptors (Lipinski definition) is 14. The Morgan fingerprint density at radius 3 is 1.96 bits per heavy atom. The number of fused-ring (bicyclic) bond motifs is 3. The van der Waals surface area contributed by atoms with Gasteiger partial charge in [-0.1, -0.05) is 0 Å². The van der Waals surface area contributed by atoms with Crippen LogP contribution in [0.4, 0.5) is 0 Å². The molecule has 0 bridgehead atoms. The molecule has 2 aromatic rings. The lowest BCUT2D eigenvalue weighted by atomic mass is 9.73. The third-order valence-electron chi connectivity index (χ3n) is 9.08. The fourth-order valence-corrected chi connectivity index (χ4v) is 6.97. The number of aliphatic hydroxyl groups excluding tert-OH is 2. The molecule has 0 amide bonds. The largest absolute Gasteiger partial charge is 0.507 e. The number of cyclic esters (lactones) is 1. The fraction of sp³-hybridized carbons (Fsp3) is 0.406. The van der Waals surface area contributed by atoms with Crippen LogP contribution in [0.5, 0.6) is 23.0 Å². The highest BCUT2D eigenvalue weighted by Gasteiger charge is 2.62. The Morgan fingerprint density at radius 2 is 1.39 bits per heavy atom. The number of carbonyl (C=O) groups excluding carboxylic acids is 5. The highest BCUT2D eigenvalue weighted by molar-refractivity contribution is 6.13. The molecule has 0 spiro atoms. The lowest BCUT2D eigenvalue weighted by Crippen LogP contribution is -2.61. The highest BCUT2D eigenvalue weighted by atomic mass is 16.6. The summed E-state index contributed by atoms with van der Waals surface area (Å²) in [6.07, 6.45) is -4.03. The van der Waals surface area contributed by atoms with E-state index in [4.69, 9.17) is 23.7 Å². The second-order valence-corrected chi connectivity index (χ2v) is 11.7. The summed E-state index contributed by atoms with van der Waals surface area (Å²) in [4.78, 5) is 65.7. The Labute approximate surface area is 261 Å². The molecule has 46 heavy (non-hydrogen) atoms. The van der Waals surface area contributed by atoms with Gasteiger partial charge in [0.15, 0.2) is 17.7 Å². The van der Waals surface area contributed by atoms with Crippen molar-refractivity contribution in [1.82, 2.24) is 0 Å².